The van der Waals surface area contributed by atoms with Crippen LogP contribution in [-0.4, -0.2) is 44.4 Å². The Morgan fingerprint density at radius 3 is 2.67 bits per heavy atom. The van der Waals surface area contributed by atoms with Crippen LogP contribution in [0, 0.1) is 0 Å². The molecule has 1 aromatic carbocycles. The smallest absolute Gasteiger partial charge is 0.331 e. The van der Waals surface area contributed by atoms with Crippen LogP contribution in [0.5, 0.6) is 0 Å². The summed E-state index contributed by atoms with van der Waals surface area (Å²) < 4.78 is 27.6. The Hall–Kier alpha value is -2.45. The van der Waals surface area contributed by atoms with Gasteiger partial charge < -0.3 is 10.1 Å². The molecule has 0 bridgehead atoms. The van der Waals surface area contributed by atoms with Gasteiger partial charge in [-0.15, -0.1) is 11.3 Å². The highest BCUT2D eigenvalue weighted by molar-refractivity contribution is 7.91. The summed E-state index contributed by atoms with van der Waals surface area (Å²) in [5.41, 5.74) is 1.11. The summed E-state index contributed by atoms with van der Waals surface area (Å²) in [5, 5.41) is 2.57. The number of rotatable bonds is 6. The molecule has 27 heavy (non-hydrogen) atoms. The molecule has 0 radical (unpaired) electrons. The van der Waals surface area contributed by atoms with Gasteiger partial charge in [-0.2, -0.15) is 0 Å². The first-order valence-corrected chi connectivity index (χ1v) is 11.0. The number of carbonyl (C=O) groups excluding carboxylic acids is 2. The Kier molecular flexibility index (Phi) is 6.08. The van der Waals surface area contributed by atoms with Crippen LogP contribution in [0.15, 0.2) is 48.5 Å². The minimum Gasteiger partial charge on any atom is -0.452 e. The number of esters is 1. The van der Waals surface area contributed by atoms with Gasteiger partial charge in [0.1, 0.15) is 0 Å². The van der Waals surface area contributed by atoms with Gasteiger partial charge in [0.2, 0.25) is 0 Å². The molecule has 0 saturated carbocycles. The van der Waals surface area contributed by atoms with E-state index >= 15 is 0 Å². The van der Waals surface area contributed by atoms with Crippen LogP contribution in [0.1, 0.15) is 11.3 Å². The lowest BCUT2D eigenvalue weighted by atomic mass is 10.2. The third-order valence-corrected chi connectivity index (χ3v) is 6.88. The standard InChI is InChI=1S/C19H19NO5S2/c21-18(20-15-10-11-27(23,24)13-15)12-25-19(22)9-7-16-6-8-17(26-16)14-4-2-1-3-5-14/h1-9,15H,10-13H2,(H,20,21)/b9-7+. The normalized spacial score (nSPS) is 18.4. The number of thiophene rings is 1. The number of carbonyl (C=O) groups is 2. The zero-order chi connectivity index (χ0) is 19.3. The molecule has 1 N–H and O–H groups in total. The first-order chi connectivity index (χ1) is 12.9. The SMILES string of the molecule is O=C(COC(=O)/C=C/c1ccc(-c2ccccc2)s1)NC1CCS(=O)(=O)C1. The fraction of sp³-hybridized carbons (Fsp3) is 0.263. The highest BCUT2D eigenvalue weighted by Gasteiger charge is 2.28. The Balaban J connectivity index is 1.45. The first-order valence-electron chi connectivity index (χ1n) is 8.41. The number of amides is 1. The summed E-state index contributed by atoms with van der Waals surface area (Å²) in [7, 11) is -3.06. The number of hydrogen-bond donors (Lipinski definition) is 1. The number of benzene rings is 1. The summed E-state index contributed by atoms with van der Waals surface area (Å²) in [5.74, 6) is -1.11. The molecule has 0 aliphatic carbocycles. The predicted octanol–water partition coefficient (Wildman–Crippen LogP) is 2.27. The van der Waals surface area contributed by atoms with Crippen molar-refractivity contribution in [2.45, 2.75) is 12.5 Å². The molecule has 6 nitrogen and oxygen atoms in total. The molecule has 1 aliphatic heterocycles. The maximum atomic E-state index is 11.8. The molecule has 1 atom stereocenters. The number of nitrogens with one attached hydrogen (secondary N) is 1. The van der Waals surface area contributed by atoms with E-state index in [2.05, 4.69) is 5.32 Å². The van der Waals surface area contributed by atoms with Crippen molar-refractivity contribution in [3.63, 3.8) is 0 Å². The van der Waals surface area contributed by atoms with Crippen LogP contribution in [0.3, 0.4) is 0 Å². The van der Waals surface area contributed by atoms with Crippen molar-refractivity contribution in [1.82, 2.24) is 5.32 Å². The molecular weight excluding hydrogens is 386 g/mol. The predicted molar refractivity (Wildman–Crippen MR) is 105 cm³/mol. The second-order valence-corrected chi connectivity index (χ2v) is 9.52. The van der Waals surface area contributed by atoms with Crippen molar-refractivity contribution in [1.29, 1.82) is 0 Å². The zero-order valence-corrected chi connectivity index (χ0v) is 16.1. The zero-order valence-electron chi connectivity index (χ0n) is 14.5. The molecule has 1 aliphatic rings. The fourth-order valence-electron chi connectivity index (χ4n) is 2.71. The van der Waals surface area contributed by atoms with Gasteiger partial charge in [0.05, 0.1) is 11.5 Å². The monoisotopic (exact) mass is 405 g/mol. The summed E-state index contributed by atoms with van der Waals surface area (Å²) >= 11 is 1.54. The van der Waals surface area contributed by atoms with Gasteiger partial charge in [-0.1, -0.05) is 30.3 Å². The average molecular weight is 405 g/mol. The Bertz CT molecular complexity index is 947. The molecule has 1 aromatic heterocycles. The van der Waals surface area contributed by atoms with Crippen molar-refractivity contribution < 1.29 is 22.7 Å². The maximum absolute atomic E-state index is 11.8. The van der Waals surface area contributed by atoms with Crippen LogP contribution in [0.25, 0.3) is 16.5 Å². The molecule has 0 spiro atoms. The van der Waals surface area contributed by atoms with E-state index in [0.29, 0.717) is 6.42 Å². The van der Waals surface area contributed by atoms with E-state index in [1.54, 1.807) is 17.4 Å². The molecule has 1 saturated heterocycles. The second kappa shape index (κ2) is 8.49. The minimum atomic E-state index is -3.06. The van der Waals surface area contributed by atoms with E-state index < -0.39 is 34.4 Å². The van der Waals surface area contributed by atoms with Crippen LogP contribution in [-0.2, 0) is 24.2 Å². The average Bonchev–Trinajstić information content (AvgIpc) is 3.25. The van der Waals surface area contributed by atoms with Crippen molar-refractivity contribution >= 4 is 39.1 Å². The van der Waals surface area contributed by atoms with Crippen LogP contribution < -0.4 is 5.32 Å². The minimum absolute atomic E-state index is 0.0608. The van der Waals surface area contributed by atoms with Crippen LogP contribution in [0.2, 0.25) is 0 Å². The molecule has 1 fully saturated rings. The maximum Gasteiger partial charge on any atom is 0.331 e. The molecule has 8 heteroatoms. The van der Waals surface area contributed by atoms with Crippen molar-refractivity contribution in [3.05, 3.63) is 53.4 Å². The molecule has 1 unspecified atom stereocenters. The van der Waals surface area contributed by atoms with E-state index in [1.165, 1.54) is 6.08 Å². The topological polar surface area (TPSA) is 89.5 Å². The summed E-state index contributed by atoms with van der Waals surface area (Å²) in [6.45, 7) is -0.431. The van der Waals surface area contributed by atoms with E-state index in [4.69, 9.17) is 4.74 Å². The van der Waals surface area contributed by atoms with E-state index in [-0.39, 0.29) is 11.5 Å². The number of sulfone groups is 1. The van der Waals surface area contributed by atoms with Crippen molar-refractivity contribution in [2.75, 3.05) is 18.1 Å². The van der Waals surface area contributed by atoms with Crippen LogP contribution >= 0.6 is 11.3 Å². The quantitative estimate of drug-likeness (QED) is 0.588. The largest absolute Gasteiger partial charge is 0.452 e. The molecule has 2 heterocycles. The lowest BCUT2D eigenvalue weighted by molar-refractivity contribution is -0.143. The Morgan fingerprint density at radius 1 is 1.19 bits per heavy atom. The van der Waals surface area contributed by atoms with Gasteiger partial charge in [-0.05, 0) is 30.2 Å². The van der Waals surface area contributed by atoms with E-state index in [9.17, 15) is 18.0 Å². The second-order valence-electron chi connectivity index (χ2n) is 6.18. The van der Waals surface area contributed by atoms with Crippen molar-refractivity contribution in [2.24, 2.45) is 0 Å². The summed E-state index contributed by atoms with van der Waals surface area (Å²) in [4.78, 5) is 25.5. The molecule has 2 aromatic rings. The number of ether oxygens (including phenoxy) is 1. The first kappa shape index (κ1) is 19.3. The van der Waals surface area contributed by atoms with Gasteiger partial charge in [0.25, 0.3) is 5.91 Å². The van der Waals surface area contributed by atoms with E-state index in [0.717, 1.165) is 15.3 Å². The highest BCUT2D eigenvalue weighted by atomic mass is 32.2. The van der Waals surface area contributed by atoms with Crippen molar-refractivity contribution in [3.8, 4) is 10.4 Å². The van der Waals surface area contributed by atoms with E-state index in [1.807, 2.05) is 42.5 Å². The molecule has 1 amide bonds. The third-order valence-electron chi connectivity index (χ3n) is 4.01. The molecule has 3 rings (SSSR count). The lowest BCUT2D eigenvalue weighted by Crippen LogP contribution is -2.38. The van der Waals surface area contributed by atoms with Gasteiger partial charge in [-0.3, -0.25) is 4.79 Å². The molecular formula is C19H19NO5S2. The van der Waals surface area contributed by atoms with Gasteiger partial charge in [0, 0.05) is 21.9 Å². The van der Waals surface area contributed by atoms with Gasteiger partial charge >= 0.3 is 5.97 Å². The summed E-state index contributed by atoms with van der Waals surface area (Å²) in [6.07, 6.45) is 3.30. The van der Waals surface area contributed by atoms with Gasteiger partial charge in [0.15, 0.2) is 16.4 Å². The fourth-order valence-corrected chi connectivity index (χ4v) is 5.30. The Labute approximate surface area is 161 Å². The number of hydrogen-bond acceptors (Lipinski definition) is 6. The lowest BCUT2D eigenvalue weighted by Gasteiger charge is -2.10. The summed E-state index contributed by atoms with van der Waals surface area (Å²) in [6, 6.07) is 13.4. The van der Waals surface area contributed by atoms with Crippen LogP contribution in [0.4, 0.5) is 0 Å². The Morgan fingerprint density at radius 2 is 1.96 bits per heavy atom. The van der Waals surface area contributed by atoms with Gasteiger partial charge in [-0.25, -0.2) is 13.2 Å². The third kappa shape index (κ3) is 5.77. The molecule has 142 valence electrons. The highest BCUT2D eigenvalue weighted by Crippen LogP contribution is 2.28.